The van der Waals surface area contributed by atoms with Gasteiger partial charge in [0.1, 0.15) is 0 Å². The molecule has 0 heterocycles. The molecule has 1 unspecified atom stereocenters. The van der Waals surface area contributed by atoms with Gasteiger partial charge in [0.15, 0.2) is 6.04 Å². The summed E-state index contributed by atoms with van der Waals surface area (Å²) >= 11 is 5.74. The molecule has 1 aromatic carbocycles. The second-order valence-electron chi connectivity index (χ2n) is 3.26. The Kier molecular flexibility index (Phi) is 3.87. The van der Waals surface area contributed by atoms with Crippen molar-refractivity contribution in [2.45, 2.75) is 13.0 Å². The summed E-state index contributed by atoms with van der Waals surface area (Å²) in [6.07, 6.45) is 0. The number of hydrogen-bond acceptors (Lipinski definition) is 3. The number of halogens is 1. The van der Waals surface area contributed by atoms with Crippen LogP contribution < -0.4 is 11.1 Å². The fraction of sp³-hybridized carbons (Fsp3) is 0.200. The van der Waals surface area contributed by atoms with E-state index in [4.69, 9.17) is 22.4 Å². The molecule has 0 aromatic heterocycles. The summed E-state index contributed by atoms with van der Waals surface area (Å²) in [4.78, 5) is 21.8. The van der Waals surface area contributed by atoms with Gasteiger partial charge < -0.3 is 16.2 Å². The predicted molar refractivity (Wildman–Crippen MR) is 60.4 cm³/mol. The molecule has 86 valence electrons. The van der Waals surface area contributed by atoms with Crippen LogP contribution in [0.3, 0.4) is 0 Å². The van der Waals surface area contributed by atoms with E-state index in [1.165, 1.54) is 6.07 Å². The van der Waals surface area contributed by atoms with Gasteiger partial charge in [-0.2, -0.15) is 0 Å². The fourth-order valence-corrected chi connectivity index (χ4v) is 1.22. The Morgan fingerprint density at radius 2 is 2.12 bits per heavy atom. The van der Waals surface area contributed by atoms with Crippen molar-refractivity contribution in [2.75, 3.05) is 5.32 Å². The molecule has 1 atom stereocenters. The molecule has 0 aliphatic carbocycles. The van der Waals surface area contributed by atoms with Crippen molar-refractivity contribution in [1.29, 1.82) is 0 Å². The Labute approximate surface area is 97.2 Å². The monoisotopic (exact) mass is 242 g/mol. The molecule has 0 saturated carbocycles. The summed E-state index contributed by atoms with van der Waals surface area (Å²) in [7, 11) is 0. The molecule has 1 aromatic rings. The minimum absolute atomic E-state index is 0.449. The van der Waals surface area contributed by atoms with Crippen LogP contribution in [0.4, 0.5) is 5.69 Å². The smallest absolute Gasteiger partial charge is 0.330 e. The third-order valence-electron chi connectivity index (χ3n) is 2.01. The van der Waals surface area contributed by atoms with Crippen molar-refractivity contribution in [2.24, 2.45) is 5.73 Å². The number of benzene rings is 1. The number of amides is 1. The molecular weight excluding hydrogens is 232 g/mol. The second-order valence-corrected chi connectivity index (χ2v) is 3.70. The molecule has 0 radical (unpaired) electrons. The van der Waals surface area contributed by atoms with Crippen LogP contribution in [0.25, 0.3) is 0 Å². The van der Waals surface area contributed by atoms with Crippen molar-refractivity contribution in [3.63, 3.8) is 0 Å². The van der Waals surface area contributed by atoms with Crippen LogP contribution >= 0.6 is 11.6 Å². The highest BCUT2D eigenvalue weighted by Gasteiger charge is 2.21. The number of anilines is 1. The molecule has 0 bridgehead atoms. The number of carboxylic acid groups (broad SMARTS) is 1. The molecule has 1 amide bonds. The number of aryl methyl sites for hydroxylation is 1. The minimum atomic E-state index is -1.58. The van der Waals surface area contributed by atoms with Gasteiger partial charge in [-0.25, -0.2) is 4.79 Å². The Morgan fingerprint density at radius 1 is 1.50 bits per heavy atom. The first-order chi connectivity index (χ1) is 7.41. The number of carbonyl (C=O) groups is 2. The van der Waals surface area contributed by atoms with Gasteiger partial charge in [0.25, 0.3) is 5.91 Å². The number of hydrogen-bond donors (Lipinski definition) is 3. The predicted octanol–water partition coefficient (Wildman–Crippen LogP) is 0.999. The average molecular weight is 243 g/mol. The van der Waals surface area contributed by atoms with E-state index in [0.717, 1.165) is 5.56 Å². The van der Waals surface area contributed by atoms with E-state index >= 15 is 0 Å². The lowest BCUT2D eigenvalue weighted by atomic mass is 10.2. The zero-order valence-corrected chi connectivity index (χ0v) is 9.28. The summed E-state index contributed by atoms with van der Waals surface area (Å²) in [5, 5.41) is 11.4. The van der Waals surface area contributed by atoms with Crippen LogP contribution in [-0.4, -0.2) is 23.0 Å². The lowest BCUT2D eigenvalue weighted by molar-refractivity contribution is -0.141. The van der Waals surface area contributed by atoms with Gasteiger partial charge in [-0.15, -0.1) is 0 Å². The van der Waals surface area contributed by atoms with E-state index < -0.39 is 17.9 Å². The molecule has 6 heteroatoms. The molecule has 0 aliphatic rings. The van der Waals surface area contributed by atoms with Crippen LogP contribution in [0.5, 0.6) is 0 Å². The number of rotatable bonds is 3. The molecule has 16 heavy (non-hydrogen) atoms. The summed E-state index contributed by atoms with van der Waals surface area (Å²) in [6, 6.07) is 3.33. The Bertz CT molecular complexity index is 434. The molecule has 0 fully saturated rings. The zero-order chi connectivity index (χ0) is 12.3. The summed E-state index contributed by atoms with van der Waals surface area (Å²) in [6.45, 7) is 1.76. The van der Waals surface area contributed by atoms with Gasteiger partial charge >= 0.3 is 5.97 Å². The standard InChI is InChI=1S/C10H11ClN2O3/c1-5-2-3-6(11)4-7(5)13-9(14)8(12)10(15)16/h2-4,8H,12H2,1H3,(H,13,14)(H,15,16). The summed E-state index contributed by atoms with van der Waals surface area (Å²) in [5.74, 6) is -2.16. The quantitative estimate of drug-likeness (QED) is 0.690. The van der Waals surface area contributed by atoms with E-state index in [-0.39, 0.29) is 0 Å². The molecule has 0 spiro atoms. The normalized spacial score (nSPS) is 11.9. The number of nitrogens with two attached hydrogens (primary N) is 1. The van der Waals surface area contributed by atoms with E-state index in [1.807, 2.05) is 0 Å². The maximum Gasteiger partial charge on any atom is 0.330 e. The van der Waals surface area contributed by atoms with Crippen LogP contribution in [0.1, 0.15) is 5.56 Å². The number of aliphatic carboxylic acids is 1. The third kappa shape index (κ3) is 2.95. The van der Waals surface area contributed by atoms with Gasteiger partial charge in [-0.1, -0.05) is 17.7 Å². The van der Waals surface area contributed by atoms with Gasteiger partial charge in [-0.05, 0) is 24.6 Å². The molecule has 0 saturated heterocycles. The first kappa shape index (κ1) is 12.5. The highest BCUT2D eigenvalue weighted by molar-refractivity contribution is 6.31. The van der Waals surface area contributed by atoms with Crippen LogP contribution in [0.2, 0.25) is 5.02 Å². The zero-order valence-electron chi connectivity index (χ0n) is 8.53. The molecular formula is C10H11ClN2O3. The Hall–Kier alpha value is -1.59. The van der Waals surface area contributed by atoms with Gasteiger partial charge in [0, 0.05) is 10.7 Å². The van der Waals surface area contributed by atoms with Crippen molar-refractivity contribution < 1.29 is 14.7 Å². The fourth-order valence-electron chi connectivity index (χ4n) is 1.05. The van der Waals surface area contributed by atoms with E-state index in [9.17, 15) is 9.59 Å². The first-order valence-electron chi connectivity index (χ1n) is 4.47. The highest BCUT2D eigenvalue weighted by Crippen LogP contribution is 2.20. The minimum Gasteiger partial charge on any atom is -0.480 e. The lowest BCUT2D eigenvalue weighted by Crippen LogP contribution is -2.42. The van der Waals surface area contributed by atoms with Gasteiger partial charge in [0.2, 0.25) is 0 Å². The van der Waals surface area contributed by atoms with Crippen LogP contribution in [0.15, 0.2) is 18.2 Å². The number of nitrogens with one attached hydrogen (secondary N) is 1. The number of carbonyl (C=O) groups excluding carboxylic acids is 1. The van der Waals surface area contributed by atoms with Gasteiger partial charge in [-0.3, -0.25) is 4.79 Å². The maximum atomic E-state index is 11.4. The van der Waals surface area contributed by atoms with Crippen molar-refractivity contribution in [1.82, 2.24) is 0 Å². The maximum absolute atomic E-state index is 11.4. The second kappa shape index (κ2) is 4.96. The Balaban J connectivity index is 2.84. The number of carboxylic acids is 1. The van der Waals surface area contributed by atoms with Gasteiger partial charge in [0.05, 0.1) is 0 Å². The first-order valence-corrected chi connectivity index (χ1v) is 4.85. The van der Waals surface area contributed by atoms with E-state index in [0.29, 0.717) is 10.7 Å². The van der Waals surface area contributed by atoms with E-state index in [2.05, 4.69) is 5.32 Å². The highest BCUT2D eigenvalue weighted by atomic mass is 35.5. The largest absolute Gasteiger partial charge is 0.480 e. The molecule has 5 nitrogen and oxygen atoms in total. The molecule has 4 N–H and O–H groups in total. The van der Waals surface area contributed by atoms with Crippen LogP contribution in [-0.2, 0) is 9.59 Å². The lowest BCUT2D eigenvalue weighted by Gasteiger charge is -2.10. The molecule has 0 aliphatic heterocycles. The Morgan fingerprint density at radius 3 is 2.69 bits per heavy atom. The van der Waals surface area contributed by atoms with Crippen molar-refractivity contribution in [3.05, 3.63) is 28.8 Å². The topological polar surface area (TPSA) is 92.4 Å². The van der Waals surface area contributed by atoms with Crippen molar-refractivity contribution >= 4 is 29.2 Å². The molecule has 1 rings (SSSR count). The third-order valence-corrected chi connectivity index (χ3v) is 2.24. The summed E-state index contributed by atoms with van der Waals surface area (Å²) < 4.78 is 0. The van der Waals surface area contributed by atoms with Crippen molar-refractivity contribution in [3.8, 4) is 0 Å². The van der Waals surface area contributed by atoms with Crippen LogP contribution in [0, 0.1) is 6.92 Å². The SMILES string of the molecule is Cc1ccc(Cl)cc1NC(=O)C(N)C(=O)O. The summed E-state index contributed by atoms with van der Waals surface area (Å²) in [5.41, 5.74) is 6.38. The average Bonchev–Trinajstić information content (AvgIpc) is 2.22. The van der Waals surface area contributed by atoms with E-state index in [1.54, 1.807) is 19.1 Å².